The van der Waals surface area contributed by atoms with E-state index in [1.165, 1.54) is 4.90 Å². The van der Waals surface area contributed by atoms with E-state index in [9.17, 15) is 14.7 Å². The Morgan fingerprint density at radius 3 is 2.50 bits per heavy atom. The summed E-state index contributed by atoms with van der Waals surface area (Å²) >= 11 is 12.3. The van der Waals surface area contributed by atoms with Gasteiger partial charge in [0.25, 0.3) is 11.8 Å². The number of hydrogen-bond acceptors (Lipinski definition) is 4. The third kappa shape index (κ3) is 2.76. The van der Waals surface area contributed by atoms with Gasteiger partial charge in [0.15, 0.2) is 12.3 Å². The highest BCUT2D eigenvalue weighted by molar-refractivity contribution is 6.35. The zero-order valence-electron chi connectivity index (χ0n) is 15.4. The Morgan fingerprint density at radius 2 is 1.73 bits per heavy atom. The fourth-order valence-electron chi connectivity index (χ4n) is 3.92. The summed E-state index contributed by atoms with van der Waals surface area (Å²) in [6.07, 6.45) is 0. The molecule has 3 aromatic carbocycles. The van der Waals surface area contributed by atoms with Crippen molar-refractivity contribution < 1.29 is 19.4 Å². The zero-order valence-corrected chi connectivity index (χ0v) is 16.9. The number of rotatable bonds is 2. The van der Waals surface area contributed by atoms with Gasteiger partial charge in [-0.15, -0.1) is 0 Å². The molecule has 150 valence electrons. The van der Waals surface area contributed by atoms with Crippen molar-refractivity contribution in [2.24, 2.45) is 0 Å². The maximum Gasteiger partial charge on any atom is 0.262 e. The van der Waals surface area contributed by atoms with Crippen LogP contribution in [0.2, 0.25) is 10.0 Å². The molecular weight excluding hydrogens is 427 g/mol. The van der Waals surface area contributed by atoms with Crippen molar-refractivity contribution in [3.63, 3.8) is 0 Å². The second kappa shape index (κ2) is 6.74. The van der Waals surface area contributed by atoms with Gasteiger partial charge in [0, 0.05) is 26.7 Å². The first-order valence-electron chi connectivity index (χ1n) is 9.07. The number of halogens is 2. The Kier molecular flexibility index (Phi) is 4.25. The molecule has 2 aliphatic heterocycles. The monoisotopic (exact) mass is 440 g/mol. The summed E-state index contributed by atoms with van der Waals surface area (Å²) in [4.78, 5) is 26.3. The Labute approximate surface area is 181 Å². The average Bonchev–Trinajstić information content (AvgIpc) is 2.95. The van der Waals surface area contributed by atoms with E-state index in [2.05, 4.69) is 5.32 Å². The van der Waals surface area contributed by atoms with Crippen LogP contribution in [0.4, 0.5) is 11.4 Å². The first-order valence-corrected chi connectivity index (χ1v) is 9.83. The molecule has 8 heteroatoms. The number of aliphatic hydroxyl groups is 1. The molecular formula is C22H14Cl2N2O4. The summed E-state index contributed by atoms with van der Waals surface area (Å²) in [5, 5.41) is 15.4. The van der Waals surface area contributed by atoms with Crippen molar-refractivity contribution in [1.29, 1.82) is 0 Å². The number of ether oxygens (including phenoxy) is 1. The van der Waals surface area contributed by atoms with Crippen LogP contribution < -0.4 is 15.0 Å². The largest absolute Gasteiger partial charge is 0.482 e. The quantitative estimate of drug-likeness (QED) is 0.626. The lowest BCUT2D eigenvalue weighted by Gasteiger charge is -2.35. The number of benzene rings is 3. The first-order chi connectivity index (χ1) is 14.4. The van der Waals surface area contributed by atoms with Gasteiger partial charge in [-0.25, -0.2) is 0 Å². The van der Waals surface area contributed by atoms with Gasteiger partial charge in [-0.3, -0.25) is 14.5 Å². The van der Waals surface area contributed by atoms with Crippen LogP contribution in [0.5, 0.6) is 5.75 Å². The lowest BCUT2D eigenvalue weighted by Crippen LogP contribution is -2.45. The van der Waals surface area contributed by atoms with Crippen molar-refractivity contribution in [3.05, 3.63) is 87.4 Å². The maximum atomic E-state index is 13.3. The lowest BCUT2D eigenvalue weighted by atomic mass is 9.93. The number of fused-ring (bicyclic) bond motifs is 2. The van der Waals surface area contributed by atoms with Crippen molar-refractivity contribution in [3.8, 4) is 5.75 Å². The Bertz CT molecular complexity index is 1210. The van der Waals surface area contributed by atoms with Crippen LogP contribution in [0, 0.1) is 0 Å². The van der Waals surface area contributed by atoms with E-state index in [1.54, 1.807) is 60.7 Å². The highest BCUT2D eigenvalue weighted by atomic mass is 35.5. The van der Waals surface area contributed by atoms with E-state index in [4.69, 9.17) is 27.9 Å². The van der Waals surface area contributed by atoms with Crippen molar-refractivity contribution >= 4 is 46.4 Å². The second-order valence-electron chi connectivity index (χ2n) is 7.03. The van der Waals surface area contributed by atoms with Gasteiger partial charge in [-0.05, 0) is 42.5 Å². The minimum absolute atomic E-state index is 0.0783. The molecule has 5 rings (SSSR count). The summed E-state index contributed by atoms with van der Waals surface area (Å²) in [6.45, 7) is -0.0783. The summed E-state index contributed by atoms with van der Waals surface area (Å²) in [7, 11) is 0. The van der Waals surface area contributed by atoms with Gasteiger partial charge in [0.05, 0.1) is 11.4 Å². The molecule has 2 amide bonds. The predicted octanol–water partition coefficient (Wildman–Crippen LogP) is 4.18. The molecule has 30 heavy (non-hydrogen) atoms. The molecule has 0 saturated heterocycles. The van der Waals surface area contributed by atoms with E-state index >= 15 is 0 Å². The highest BCUT2D eigenvalue weighted by Crippen LogP contribution is 2.47. The number of anilines is 2. The zero-order chi connectivity index (χ0) is 21.0. The lowest BCUT2D eigenvalue weighted by molar-refractivity contribution is -0.118. The molecule has 0 radical (unpaired) electrons. The van der Waals surface area contributed by atoms with Gasteiger partial charge < -0.3 is 15.2 Å². The molecule has 0 fully saturated rings. The van der Waals surface area contributed by atoms with Gasteiger partial charge in [0.2, 0.25) is 0 Å². The molecule has 2 heterocycles. The molecule has 0 spiro atoms. The maximum absolute atomic E-state index is 13.3. The fraction of sp³-hybridized carbons (Fsp3) is 0.0909. The molecule has 6 nitrogen and oxygen atoms in total. The van der Waals surface area contributed by atoms with Crippen LogP contribution in [0.15, 0.2) is 60.7 Å². The van der Waals surface area contributed by atoms with E-state index in [-0.39, 0.29) is 12.5 Å². The topological polar surface area (TPSA) is 78.9 Å². The smallest absolute Gasteiger partial charge is 0.262 e. The highest BCUT2D eigenvalue weighted by Gasteiger charge is 2.51. The number of nitrogens with one attached hydrogen (secondary N) is 1. The average molecular weight is 441 g/mol. The molecule has 0 aliphatic carbocycles. The van der Waals surface area contributed by atoms with Gasteiger partial charge in [0.1, 0.15) is 5.75 Å². The fourth-order valence-corrected chi connectivity index (χ4v) is 4.43. The first kappa shape index (κ1) is 18.9. The molecule has 2 N–H and O–H groups in total. The van der Waals surface area contributed by atoms with Gasteiger partial charge in [-0.1, -0.05) is 41.4 Å². The number of nitrogens with zero attached hydrogens (tertiary/aromatic N) is 1. The van der Waals surface area contributed by atoms with E-state index in [0.29, 0.717) is 43.9 Å². The van der Waals surface area contributed by atoms with Gasteiger partial charge in [-0.2, -0.15) is 0 Å². The van der Waals surface area contributed by atoms with E-state index < -0.39 is 11.6 Å². The van der Waals surface area contributed by atoms with Crippen LogP contribution in [0.1, 0.15) is 21.5 Å². The number of carbonyl (C=O) groups is 2. The van der Waals surface area contributed by atoms with Crippen LogP contribution in [0.25, 0.3) is 0 Å². The standard InChI is InChI=1S/C22H14Cl2N2O4/c23-13-8-14(24)10-15(9-13)26-21(28)16-3-1-2-4-17(16)22(26,29)12-5-6-19-18(7-12)25-20(27)11-30-19/h1-10,29H,11H2,(H,25,27). The molecule has 1 atom stereocenters. The number of carbonyl (C=O) groups excluding carboxylic acids is 2. The molecule has 0 saturated carbocycles. The molecule has 3 aromatic rings. The summed E-state index contributed by atoms with van der Waals surface area (Å²) in [5.74, 6) is -0.214. The van der Waals surface area contributed by atoms with Gasteiger partial charge >= 0.3 is 0 Å². The number of amides is 2. The summed E-state index contributed by atoms with van der Waals surface area (Å²) in [5.41, 5.74) is 0.0516. The second-order valence-corrected chi connectivity index (χ2v) is 7.91. The third-order valence-electron chi connectivity index (χ3n) is 5.18. The SMILES string of the molecule is O=C1COc2ccc(C3(O)c4ccccc4C(=O)N3c3cc(Cl)cc(Cl)c3)cc2N1. The van der Waals surface area contributed by atoms with Crippen LogP contribution in [0.3, 0.4) is 0 Å². The Morgan fingerprint density at radius 1 is 1.00 bits per heavy atom. The van der Waals surface area contributed by atoms with Crippen molar-refractivity contribution in [2.45, 2.75) is 5.72 Å². The van der Waals surface area contributed by atoms with Crippen LogP contribution in [-0.4, -0.2) is 23.5 Å². The minimum atomic E-state index is -1.85. The predicted molar refractivity (Wildman–Crippen MR) is 113 cm³/mol. The minimum Gasteiger partial charge on any atom is -0.482 e. The molecule has 2 aliphatic rings. The molecule has 0 bridgehead atoms. The van der Waals surface area contributed by atoms with E-state index in [0.717, 1.165) is 0 Å². The van der Waals surface area contributed by atoms with Crippen molar-refractivity contribution in [1.82, 2.24) is 0 Å². The number of hydrogen-bond donors (Lipinski definition) is 2. The van der Waals surface area contributed by atoms with E-state index in [1.807, 2.05) is 0 Å². The molecule has 1 unspecified atom stereocenters. The normalized spacial score (nSPS) is 19.8. The van der Waals surface area contributed by atoms with Crippen LogP contribution in [-0.2, 0) is 10.5 Å². The molecule has 0 aromatic heterocycles. The third-order valence-corrected chi connectivity index (χ3v) is 5.62. The Balaban J connectivity index is 1.75. The summed E-state index contributed by atoms with van der Waals surface area (Å²) in [6, 6.07) is 16.4. The van der Waals surface area contributed by atoms with Crippen LogP contribution >= 0.6 is 23.2 Å². The Hall–Kier alpha value is -3.06. The summed E-state index contributed by atoms with van der Waals surface area (Å²) < 4.78 is 5.41. The van der Waals surface area contributed by atoms with Crippen molar-refractivity contribution in [2.75, 3.05) is 16.8 Å².